The minimum absolute atomic E-state index is 0.152. The minimum Gasteiger partial charge on any atom is -0.477 e. The lowest BCUT2D eigenvalue weighted by Crippen LogP contribution is -2.14. The first kappa shape index (κ1) is 15.3. The summed E-state index contributed by atoms with van der Waals surface area (Å²) in [6, 6.07) is 7.34. The van der Waals surface area contributed by atoms with Crippen molar-refractivity contribution in [3.63, 3.8) is 0 Å². The smallest absolute Gasteiger partial charge is 0.348 e. The maximum Gasteiger partial charge on any atom is 0.348 e. The second-order valence-corrected chi connectivity index (χ2v) is 6.04. The second-order valence-electron chi connectivity index (χ2n) is 5.16. The number of carbonyl (C=O) groups is 2. The van der Waals surface area contributed by atoms with E-state index in [1.807, 2.05) is 12.1 Å². The van der Waals surface area contributed by atoms with E-state index in [1.165, 1.54) is 0 Å². The highest BCUT2D eigenvalue weighted by Gasteiger charge is 2.18. The summed E-state index contributed by atoms with van der Waals surface area (Å²) in [5.74, 6) is -0.923. The molecule has 4 nitrogen and oxygen atoms in total. The van der Waals surface area contributed by atoms with Gasteiger partial charge in [0.1, 0.15) is 4.88 Å². The van der Waals surface area contributed by atoms with Crippen LogP contribution >= 0.6 is 11.3 Å². The van der Waals surface area contributed by atoms with E-state index in [4.69, 9.17) is 5.11 Å². The summed E-state index contributed by atoms with van der Waals surface area (Å²) in [5.41, 5.74) is 2.81. The van der Waals surface area contributed by atoms with Gasteiger partial charge in [-0.2, -0.15) is 0 Å². The second kappa shape index (κ2) is 6.10. The first-order chi connectivity index (χ1) is 9.90. The van der Waals surface area contributed by atoms with Crippen LogP contribution in [0.15, 0.2) is 29.6 Å². The SMILES string of the molecule is Cc1csc(C(=O)O)c1NC(=O)c1ccc(C(C)C)cc1. The van der Waals surface area contributed by atoms with Crippen LogP contribution in [0.1, 0.15) is 50.9 Å². The molecule has 0 saturated heterocycles. The zero-order chi connectivity index (χ0) is 15.6. The normalized spacial score (nSPS) is 10.7. The van der Waals surface area contributed by atoms with Crippen LogP contribution < -0.4 is 5.32 Å². The number of hydrogen-bond donors (Lipinski definition) is 2. The third-order valence-corrected chi connectivity index (χ3v) is 4.33. The first-order valence-electron chi connectivity index (χ1n) is 6.63. The first-order valence-corrected chi connectivity index (χ1v) is 7.50. The van der Waals surface area contributed by atoms with Crippen molar-refractivity contribution in [2.45, 2.75) is 26.7 Å². The molecule has 1 aromatic carbocycles. The monoisotopic (exact) mass is 303 g/mol. The van der Waals surface area contributed by atoms with Gasteiger partial charge < -0.3 is 10.4 Å². The van der Waals surface area contributed by atoms with Crippen LogP contribution in [-0.2, 0) is 0 Å². The van der Waals surface area contributed by atoms with Gasteiger partial charge in [-0.25, -0.2) is 4.79 Å². The Bertz CT molecular complexity index is 671. The highest BCUT2D eigenvalue weighted by molar-refractivity contribution is 7.12. The van der Waals surface area contributed by atoms with Crippen molar-refractivity contribution in [1.29, 1.82) is 0 Å². The van der Waals surface area contributed by atoms with Gasteiger partial charge in [0.15, 0.2) is 0 Å². The summed E-state index contributed by atoms with van der Waals surface area (Å²) in [4.78, 5) is 23.5. The molecule has 2 aromatic rings. The number of thiophene rings is 1. The van der Waals surface area contributed by atoms with E-state index in [2.05, 4.69) is 19.2 Å². The lowest BCUT2D eigenvalue weighted by molar-refractivity contribution is 0.0703. The Labute approximate surface area is 127 Å². The van der Waals surface area contributed by atoms with Crippen LogP contribution in [-0.4, -0.2) is 17.0 Å². The lowest BCUT2D eigenvalue weighted by atomic mass is 10.0. The molecule has 21 heavy (non-hydrogen) atoms. The average molecular weight is 303 g/mol. The Morgan fingerprint density at radius 3 is 2.33 bits per heavy atom. The van der Waals surface area contributed by atoms with Crippen LogP contribution in [0.5, 0.6) is 0 Å². The molecular weight excluding hydrogens is 286 g/mol. The van der Waals surface area contributed by atoms with E-state index >= 15 is 0 Å². The summed E-state index contributed by atoms with van der Waals surface area (Å²) in [5, 5.41) is 13.5. The van der Waals surface area contributed by atoms with E-state index in [-0.39, 0.29) is 10.8 Å². The van der Waals surface area contributed by atoms with E-state index in [0.717, 1.165) is 22.5 Å². The van der Waals surface area contributed by atoms with E-state index in [1.54, 1.807) is 24.4 Å². The highest BCUT2D eigenvalue weighted by Crippen LogP contribution is 2.28. The van der Waals surface area contributed by atoms with Crippen LogP contribution in [0.2, 0.25) is 0 Å². The number of nitrogens with one attached hydrogen (secondary N) is 1. The molecule has 0 saturated carbocycles. The molecule has 0 fully saturated rings. The van der Waals surface area contributed by atoms with Crippen LogP contribution in [0.25, 0.3) is 0 Å². The molecule has 0 bridgehead atoms. The molecule has 0 aliphatic rings. The summed E-state index contributed by atoms with van der Waals surface area (Å²) in [6.07, 6.45) is 0. The van der Waals surface area contributed by atoms with Crippen molar-refractivity contribution >= 4 is 28.9 Å². The van der Waals surface area contributed by atoms with Crippen molar-refractivity contribution in [3.05, 3.63) is 51.2 Å². The van der Waals surface area contributed by atoms with Crippen LogP contribution in [0.3, 0.4) is 0 Å². The number of carboxylic acids is 1. The molecule has 110 valence electrons. The van der Waals surface area contributed by atoms with Crippen molar-refractivity contribution in [1.82, 2.24) is 0 Å². The predicted octanol–water partition coefficient (Wildman–Crippen LogP) is 4.13. The number of amides is 1. The quantitative estimate of drug-likeness (QED) is 0.892. The Morgan fingerprint density at radius 2 is 1.81 bits per heavy atom. The standard InChI is InChI=1S/C16H17NO3S/c1-9(2)11-4-6-12(7-5-11)15(18)17-13-10(3)8-21-14(13)16(19)20/h4-9H,1-3H3,(H,17,18)(H,19,20). The van der Waals surface area contributed by atoms with Gasteiger partial charge in [-0.1, -0.05) is 26.0 Å². The molecule has 0 atom stereocenters. The molecule has 0 aliphatic carbocycles. The number of aryl methyl sites for hydroxylation is 1. The topological polar surface area (TPSA) is 66.4 Å². The van der Waals surface area contributed by atoms with E-state index in [0.29, 0.717) is 17.2 Å². The third kappa shape index (κ3) is 3.31. The fourth-order valence-corrected chi connectivity index (χ4v) is 2.81. The van der Waals surface area contributed by atoms with E-state index in [9.17, 15) is 9.59 Å². The molecule has 0 unspecified atom stereocenters. The van der Waals surface area contributed by atoms with Crippen molar-refractivity contribution in [3.8, 4) is 0 Å². The van der Waals surface area contributed by atoms with Crippen molar-refractivity contribution in [2.24, 2.45) is 0 Å². The summed E-state index contributed by atoms with van der Waals surface area (Å²) < 4.78 is 0. The fourth-order valence-electron chi connectivity index (χ4n) is 1.96. The third-order valence-electron chi connectivity index (χ3n) is 3.25. The number of carboxylic acid groups (broad SMARTS) is 1. The molecule has 1 heterocycles. The zero-order valence-electron chi connectivity index (χ0n) is 12.1. The Balaban J connectivity index is 2.22. The average Bonchev–Trinajstić information content (AvgIpc) is 2.80. The van der Waals surface area contributed by atoms with Gasteiger partial charge in [0, 0.05) is 5.56 Å². The van der Waals surface area contributed by atoms with E-state index < -0.39 is 5.97 Å². The lowest BCUT2D eigenvalue weighted by Gasteiger charge is -2.08. The molecule has 5 heteroatoms. The Hall–Kier alpha value is -2.14. The van der Waals surface area contributed by atoms with Gasteiger partial charge in [-0.3, -0.25) is 4.79 Å². The maximum atomic E-state index is 12.2. The van der Waals surface area contributed by atoms with Gasteiger partial charge in [0.25, 0.3) is 5.91 Å². The van der Waals surface area contributed by atoms with Gasteiger partial charge in [0.05, 0.1) is 5.69 Å². The molecule has 1 aromatic heterocycles. The molecular formula is C16H17NO3S. The summed E-state index contributed by atoms with van der Waals surface area (Å²) in [7, 11) is 0. The van der Waals surface area contributed by atoms with Gasteiger partial charge in [0.2, 0.25) is 0 Å². The molecule has 2 rings (SSSR count). The molecule has 2 N–H and O–H groups in total. The maximum absolute atomic E-state index is 12.2. The number of carbonyl (C=O) groups excluding carboxylic acids is 1. The van der Waals surface area contributed by atoms with Gasteiger partial charge in [-0.05, 0) is 41.5 Å². The number of aromatic carboxylic acids is 1. The van der Waals surface area contributed by atoms with Crippen molar-refractivity contribution < 1.29 is 14.7 Å². The number of hydrogen-bond acceptors (Lipinski definition) is 3. The summed E-state index contributed by atoms with van der Waals surface area (Å²) in [6.45, 7) is 5.95. The minimum atomic E-state index is -1.03. The highest BCUT2D eigenvalue weighted by atomic mass is 32.1. The molecule has 0 radical (unpaired) electrons. The largest absolute Gasteiger partial charge is 0.477 e. The number of rotatable bonds is 4. The summed E-state index contributed by atoms with van der Waals surface area (Å²) >= 11 is 1.11. The van der Waals surface area contributed by atoms with Crippen LogP contribution in [0.4, 0.5) is 5.69 Å². The van der Waals surface area contributed by atoms with Crippen molar-refractivity contribution in [2.75, 3.05) is 5.32 Å². The fraction of sp³-hybridized carbons (Fsp3) is 0.250. The van der Waals surface area contributed by atoms with Gasteiger partial charge >= 0.3 is 5.97 Å². The van der Waals surface area contributed by atoms with Crippen LogP contribution in [0, 0.1) is 6.92 Å². The molecule has 1 amide bonds. The number of benzene rings is 1. The predicted molar refractivity (Wildman–Crippen MR) is 84.5 cm³/mol. The number of anilines is 1. The molecule has 0 aliphatic heterocycles. The van der Waals surface area contributed by atoms with Gasteiger partial charge in [-0.15, -0.1) is 11.3 Å². The molecule has 0 spiro atoms. The Kier molecular flexibility index (Phi) is 4.43. The zero-order valence-corrected chi connectivity index (χ0v) is 13.0. The Morgan fingerprint density at radius 1 is 1.19 bits per heavy atom.